The Hall–Kier alpha value is -0.260. The van der Waals surface area contributed by atoms with Crippen LogP contribution in [0, 0.1) is 0 Å². The van der Waals surface area contributed by atoms with E-state index in [0.29, 0.717) is 10.6 Å². The minimum Gasteiger partial charge on any atom is -0.324 e. The molecule has 6 heteroatoms. The van der Waals surface area contributed by atoms with E-state index < -0.39 is 18.6 Å². The highest BCUT2D eigenvalue weighted by atomic mass is 79.9. The highest BCUT2D eigenvalue weighted by molar-refractivity contribution is 9.10. The summed E-state index contributed by atoms with van der Waals surface area (Å²) in [4.78, 5) is 0. The van der Waals surface area contributed by atoms with Crippen LogP contribution in [-0.2, 0) is 0 Å². The van der Waals surface area contributed by atoms with E-state index in [9.17, 15) is 13.2 Å². The maximum Gasteiger partial charge on any atom is 0.389 e. The third kappa shape index (κ3) is 4.31. The molecule has 0 radical (unpaired) electrons. The Morgan fingerprint density at radius 3 is 2.56 bits per heavy atom. The van der Waals surface area contributed by atoms with Gasteiger partial charge in [-0.2, -0.15) is 13.2 Å². The number of rotatable bonds is 3. The molecule has 0 unspecified atom stereocenters. The van der Waals surface area contributed by atoms with Crippen molar-refractivity contribution in [1.82, 2.24) is 0 Å². The van der Waals surface area contributed by atoms with Gasteiger partial charge in [0.25, 0.3) is 0 Å². The van der Waals surface area contributed by atoms with Gasteiger partial charge >= 0.3 is 6.18 Å². The minimum atomic E-state index is -4.18. The summed E-state index contributed by atoms with van der Waals surface area (Å²) in [5.74, 6) is 0. The second-order valence-electron chi connectivity index (χ2n) is 3.43. The zero-order valence-electron chi connectivity index (χ0n) is 8.19. The third-order valence-corrected chi connectivity index (χ3v) is 2.93. The molecule has 0 aliphatic heterocycles. The van der Waals surface area contributed by atoms with Gasteiger partial charge < -0.3 is 5.73 Å². The summed E-state index contributed by atoms with van der Waals surface area (Å²) in [6.45, 7) is 0. The van der Waals surface area contributed by atoms with Crippen LogP contribution in [0.2, 0.25) is 5.02 Å². The second kappa shape index (κ2) is 5.38. The SMILES string of the molecule is N[C@H](CCC(F)(F)F)c1cc(Br)ccc1Cl. The van der Waals surface area contributed by atoms with Gasteiger partial charge in [0.1, 0.15) is 0 Å². The van der Waals surface area contributed by atoms with Crippen molar-refractivity contribution in [3.8, 4) is 0 Å². The van der Waals surface area contributed by atoms with Crippen LogP contribution >= 0.6 is 27.5 Å². The summed E-state index contributed by atoms with van der Waals surface area (Å²) in [6, 6.07) is 4.26. The van der Waals surface area contributed by atoms with Gasteiger partial charge in [-0.1, -0.05) is 27.5 Å². The van der Waals surface area contributed by atoms with Crippen LogP contribution in [0.25, 0.3) is 0 Å². The fraction of sp³-hybridized carbons (Fsp3) is 0.400. The lowest BCUT2D eigenvalue weighted by Gasteiger charge is -2.15. The van der Waals surface area contributed by atoms with Crippen molar-refractivity contribution >= 4 is 27.5 Å². The van der Waals surface area contributed by atoms with Crippen LogP contribution in [0.15, 0.2) is 22.7 Å². The first-order valence-electron chi connectivity index (χ1n) is 4.57. The van der Waals surface area contributed by atoms with Crippen molar-refractivity contribution < 1.29 is 13.2 Å². The predicted molar refractivity (Wildman–Crippen MR) is 61.4 cm³/mol. The van der Waals surface area contributed by atoms with Gasteiger partial charge in [-0.05, 0) is 30.2 Å². The Morgan fingerprint density at radius 1 is 1.38 bits per heavy atom. The summed E-state index contributed by atoms with van der Waals surface area (Å²) in [5.41, 5.74) is 6.19. The van der Waals surface area contributed by atoms with Crippen LogP contribution < -0.4 is 5.73 Å². The average Bonchev–Trinajstić information content (AvgIpc) is 2.17. The van der Waals surface area contributed by atoms with Gasteiger partial charge in [0.15, 0.2) is 0 Å². The maximum absolute atomic E-state index is 12.0. The number of hydrogen-bond acceptors (Lipinski definition) is 1. The quantitative estimate of drug-likeness (QED) is 0.876. The lowest BCUT2D eigenvalue weighted by Crippen LogP contribution is -2.16. The molecule has 0 saturated heterocycles. The highest BCUT2D eigenvalue weighted by Crippen LogP contribution is 2.31. The first-order valence-corrected chi connectivity index (χ1v) is 5.74. The lowest BCUT2D eigenvalue weighted by molar-refractivity contribution is -0.136. The molecule has 0 heterocycles. The molecule has 16 heavy (non-hydrogen) atoms. The average molecular weight is 317 g/mol. The van der Waals surface area contributed by atoms with E-state index in [2.05, 4.69) is 15.9 Å². The Bertz CT molecular complexity index is 368. The zero-order valence-corrected chi connectivity index (χ0v) is 10.5. The molecule has 2 N–H and O–H groups in total. The normalized spacial score (nSPS) is 13.9. The van der Waals surface area contributed by atoms with Crippen LogP contribution in [0.3, 0.4) is 0 Å². The second-order valence-corrected chi connectivity index (χ2v) is 4.75. The largest absolute Gasteiger partial charge is 0.389 e. The van der Waals surface area contributed by atoms with E-state index in [1.54, 1.807) is 18.2 Å². The molecule has 1 atom stereocenters. The lowest BCUT2D eigenvalue weighted by atomic mass is 10.0. The molecule has 0 spiro atoms. The maximum atomic E-state index is 12.0. The Kier molecular flexibility index (Phi) is 4.64. The topological polar surface area (TPSA) is 26.0 Å². The van der Waals surface area contributed by atoms with Gasteiger partial charge in [0.05, 0.1) is 0 Å². The predicted octanol–water partition coefficient (Wildman–Crippen LogP) is 4.44. The summed E-state index contributed by atoms with van der Waals surface area (Å²) in [7, 11) is 0. The Balaban J connectivity index is 2.73. The summed E-state index contributed by atoms with van der Waals surface area (Å²) >= 11 is 9.08. The summed E-state index contributed by atoms with van der Waals surface area (Å²) in [5, 5.41) is 0.387. The first-order chi connectivity index (χ1) is 7.29. The van der Waals surface area contributed by atoms with Gasteiger partial charge in [-0.25, -0.2) is 0 Å². The molecule has 0 fully saturated rings. The molecule has 1 aromatic rings. The molecule has 0 amide bonds. The molecule has 90 valence electrons. The monoisotopic (exact) mass is 315 g/mol. The number of nitrogens with two attached hydrogens (primary N) is 1. The van der Waals surface area contributed by atoms with Crippen molar-refractivity contribution in [2.75, 3.05) is 0 Å². The van der Waals surface area contributed by atoms with E-state index in [1.165, 1.54) is 0 Å². The molecule has 0 aliphatic carbocycles. The van der Waals surface area contributed by atoms with Gasteiger partial charge in [0, 0.05) is 22.0 Å². The van der Waals surface area contributed by atoms with E-state index in [4.69, 9.17) is 17.3 Å². The molecule has 1 rings (SSSR count). The third-order valence-electron chi connectivity index (χ3n) is 2.10. The van der Waals surface area contributed by atoms with Crippen molar-refractivity contribution in [1.29, 1.82) is 0 Å². The standard InChI is InChI=1S/C10H10BrClF3N/c11-6-1-2-8(12)7(5-6)9(16)3-4-10(13,14)15/h1-2,5,9H,3-4,16H2/t9-/m1/s1. The molecule has 0 saturated carbocycles. The van der Waals surface area contributed by atoms with E-state index in [0.717, 1.165) is 4.47 Å². The van der Waals surface area contributed by atoms with Gasteiger partial charge in [0.2, 0.25) is 0 Å². The van der Waals surface area contributed by atoms with Crippen molar-refractivity contribution in [2.24, 2.45) is 5.73 Å². The molecular weight excluding hydrogens is 306 g/mol. The number of alkyl halides is 3. The minimum absolute atomic E-state index is 0.167. The first kappa shape index (κ1) is 13.8. The van der Waals surface area contributed by atoms with Crippen molar-refractivity contribution in [3.63, 3.8) is 0 Å². The van der Waals surface area contributed by atoms with Crippen molar-refractivity contribution in [2.45, 2.75) is 25.1 Å². The molecule has 1 nitrogen and oxygen atoms in total. The van der Waals surface area contributed by atoms with Crippen LogP contribution in [0.1, 0.15) is 24.4 Å². The van der Waals surface area contributed by atoms with E-state index >= 15 is 0 Å². The summed E-state index contributed by atoms with van der Waals surface area (Å²) < 4.78 is 36.8. The molecule has 0 aliphatic rings. The zero-order chi connectivity index (χ0) is 12.3. The fourth-order valence-electron chi connectivity index (χ4n) is 1.27. The summed E-state index contributed by atoms with van der Waals surface area (Å²) in [6.07, 6.45) is -5.26. The highest BCUT2D eigenvalue weighted by Gasteiger charge is 2.28. The van der Waals surface area contributed by atoms with E-state index in [-0.39, 0.29) is 6.42 Å². The van der Waals surface area contributed by atoms with Crippen LogP contribution in [0.4, 0.5) is 13.2 Å². The van der Waals surface area contributed by atoms with Crippen LogP contribution in [0.5, 0.6) is 0 Å². The number of halogens is 5. The number of benzene rings is 1. The van der Waals surface area contributed by atoms with Gasteiger partial charge in [-0.15, -0.1) is 0 Å². The fourth-order valence-corrected chi connectivity index (χ4v) is 1.91. The van der Waals surface area contributed by atoms with Gasteiger partial charge in [-0.3, -0.25) is 0 Å². The molecule has 0 bridgehead atoms. The smallest absolute Gasteiger partial charge is 0.324 e. The molecular formula is C10H10BrClF3N. The molecule has 1 aromatic carbocycles. The number of hydrogen-bond donors (Lipinski definition) is 1. The Labute approximate surface area is 105 Å². The Morgan fingerprint density at radius 2 is 2.00 bits per heavy atom. The van der Waals surface area contributed by atoms with E-state index in [1.807, 2.05) is 0 Å². The van der Waals surface area contributed by atoms with Crippen molar-refractivity contribution in [3.05, 3.63) is 33.3 Å². The molecule has 0 aromatic heterocycles. The van der Waals surface area contributed by atoms with Crippen LogP contribution in [-0.4, -0.2) is 6.18 Å².